The van der Waals surface area contributed by atoms with Gasteiger partial charge >= 0.3 is 0 Å². The third-order valence-electron chi connectivity index (χ3n) is 5.80. The number of nitrogens with one attached hydrogen (secondary N) is 2. The normalized spacial score (nSPS) is 20.2. The molecule has 154 valence electrons. The van der Waals surface area contributed by atoms with Crippen LogP contribution in [0.1, 0.15) is 37.1 Å². The summed E-state index contributed by atoms with van der Waals surface area (Å²) in [6, 6.07) is 10.5. The van der Waals surface area contributed by atoms with Crippen molar-refractivity contribution in [3.63, 3.8) is 0 Å². The first-order chi connectivity index (χ1) is 14.2. The zero-order valence-electron chi connectivity index (χ0n) is 16.9. The summed E-state index contributed by atoms with van der Waals surface area (Å²) in [4.78, 5) is 23.7. The lowest BCUT2D eigenvalue weighted by Crippen LogP contribution is -2.45. The first-order valence-corrected chi connectivity index (χ1v) is 11.4. The number of rotatable bonds is 5. The monoisotopic (exact) mass is 411 g/mol. The van der Waals surface area contributed by atoms with Crippen LogP contribution in [0.3, 0.4) is 0 Å². The molecule has 0 bridgehead atoms. The van der Waals surface area contributed by atoms with Gasteiger partial charge in [0.15, 0.2) is 5.96 Å². The second-order valence-corrected chi connectivity index (χ2v) is 8.76. The molecule has 2 N–H and O–H groups in total. The molecule has 2 aromatic rings. The number of aliphatic imine (C=N–C) groups is 1. The predicted octanol–water partition coefficient (Wildman–Crippen LogP) is 3.27. The maximum absolute atomic E-state index is 12.6. The maximum atomic E-state index is 12.6. The summed E-state index contributed by atoms with van der Waals surface area (Å²) in [5.41, 5.74) is 2.14. The van der Waals surface area contributed by atoms with E-state index in [2.05, 4.69) is 33.1 Å². The lowest BCUT2D eigenvalue weighted by Gasteiger charge is -2.21. The Morgan fingerprint density at radius 2 is 2.03 bits per heavy atom. The Labute approximate surface area is 176 Å². The number of thiazole rings is 1. The zero-order valence-corrected chi connectivity index (χ0v) is 17.8. The average molecular weight is 412 g/mol. The first-order valence-electron chi connectivity index (χ1n) is 10.5. The SMILES string of the molecule is CN=C(NCc1nc(-c2ccccc2)cs1)NC1CCN(C(=O)C2CCCC2)C1. The van der Waals surface area contributed by atoms with Crippen LogP contribution >= 0.6 is 11.3 Å². The molecule has 1 aromatic carbocycles. The lowest BCUT2D eigenvalue weighted by atomic mass is 10.1. The largest absolute Gasteiger partial charge is 0.352 e. The third-order valence-corrected chi connectivity index (χ3v) is 6.65. The molecule has 1 aliphatic heterocycles. The van der Waals surface area contributed by atoms with Gasteiger partial charge in [-0.05, 0) is 19.3 Å². The van der Waals surface area contributed by atoms with Gasteiger partial charge in [-0.3, -0.25) is 9.79 Å². The number of carbonyl (C=O) groups is 1. The number of amides is 1. The summed E-state index contributed by atoms with van der Waals surface area (Å²) < 4.78 is 0. The van der Waals surface area contributed by atoms with E-state index in [1.807, 2.05) is 23.1 Å². The molecule has 29 heavy (non-hydrogen) atoms. The summed E-state index contributed by atoms with van der Waals surface area (Å²) in [5.74, 6) is 1.38. The summed E-state index contributed by atoms with van der Waals surface area (Å²) >= 11 is 1.65. The van der Waals surface area contributed by atoms with E-state index in [1.54, 1.807) is 18.4 Å². The van der Waals surface area contributed by atoms with Gasteiger partial charge < -0.3 is 15.5 Å². The predicted molar refractivity (Wildman–Crippen MR) is 118 cm³/mol. The molecule has 1 atom stereocenters. The topological polar surface area (TPSA) is 69.6 Å². The second kappa shape index (κ2) is 9.39. The fourth-order valence-corrected chi connectivity index (χ4v) is 4.93. The Morgan fingerprint density at radius 1 is 1.24 bits per heavy atom. The van der Waals surface area contributed by atoms with E-state index < -0.39 is 0 Å². The van der Waals surface area contributed by atoms with E-state index >= 15 is 0 Å². The van der Waals surface area contributed by atoms with Crippen molar-refractivity contribution in [3.8, 4) is 11.3 Å². The quantitative estimate of drug-likeness (QED) is 0.585. The van der Waals surface area contributed by atoms with Gasteiger partial charge in [0.2, 0.25) is 5.91 Å². The van der Waals surface area contributed by atoms with Gasteiger partial charge in [0, 0.05) is 43.0 Å². The number of nitrogens with zero attached hydrogens (tertiary/aromatic N) is 3. The van der Waals surface area contributed by atoms with Gasteiger partial charge in [-0.1, -0.05) is 43.2 Å². The van der Waals surface area contributed by atoms with Gasteiger partial charge in [0.05, 0.1) is 12.2 Å². The zero-order chi connectivity index (χ0) is 20.1. The van der Waals surface area contributed by atoms with Gasteiger partial charge in [-0.15, -0.1) is 11.3 Å². The molecule has 4 rings (SSSR count). The van der Waals surface area contributed by atoms with Crippen molar-refractivity contribution in [2.24, 2.45) is 10.9 Å². The minimum absolute atomic E-state index is 0.253. The minimum Gasteiger partial charge on any atom is -0.352 e. The van der Waals surface area contributed by atoms with Crippen LogP contribution in [0.15, 0.2) is 40.7 Å². The Morgan fingerprint density at radius 3 is 2.79 bits per heavy atom. The first kappa shape index (κ1) is 19.9. The summed E-state index contributed by atoms with van der Waals surface area (Å²) in [5, 5.41) is 9.95. The van der Waals surface area contributed by atoms with Crippen LogP contribution < -0.4 is 10.6 Å². The molecule has 1 unspecified atom stereocenters. The van der Waals surface area contributed by atoms with E-state index in [4.69, 9.17) is 4.98 Å². The molecule has 6 nitrogen and oxygen atoms in total. The highest BCUT2D eigenvalue weighted by molar-refractivity contribution is 7.09. The number of benzene rings is 1. The van der Waals surface area contributed by atoms with Crippen LogP contribution in [0.2, 0.25) is 0 Å². The highest BCUT2D eigenvalue weighted by Crippen LogP contribution is 2.28. The van der Waals surface area contributed by atoms with E-state index in [0.717, 1.165) is 54.6 Å². The number of carbonyl (C=O) groups excluding carboxylic acids is 1. The average Bonchev–Trinajstić information content (AvgIpc) is 3.53. The molecule has 2 fully saturated rings. The molecular formula is C22H29N5OS. The van der Waals surface area contributed by atoms with E-state index in [9.17, 15) is 4.79 Å². The molecule has 7 heteroatoms. The maximum Gasteiger partial charge on any atom is 0.225 e. The van der Waals surface area contributed by atoms with Crippen LogP contribution in [0.5, 0.6) is 0 Å². The van der Waals surface area contributed by atoms with Crippen LogP contribution in [-0.4, -0.2) is 47.9 Å². The van der Waals surface area contributed by atoms with Crippen molar-refractivity contribution >= 4 is 23.2 Å². The third kappa shape index (κ3) is 4.96. The fourth-order valence-electron chi connectivity index (χ4n) is 4.19. The van der Waals surface area contributed by atoms with Gasteiger partial charge in [0.1, 0.15) is 5.01 Å². The molecule has 0 radical (unpaired) electrons. The van der Waals surface area contributed by atoms with Crippen molar-refractivity contribution in [1.29, 1.82) is 0 Å². The van der Waals surface area contributed by atoms with Gasteiger partial charge in [0.25, 0.3) is 0 Å². The van der Waals surface area contributed by atoms with Crippen molar-refractivity contribution in [2.45, 2.75) is 44.7 Å². The van der Waals surface area contributed by atoms with Gasteiger partial charge in [-0.2, -0.15) is 0 Å². The summed E-state index contributed by atoms with van der Waals surface area (Å²) in [7, 11) is 1.78. The molecule has 2 aliphatic rings. The molecule has 1 aromatic heterocycles. The molecular weight excluding hydrogens is 382 g/mol. The van der Waals surface area contributed by atoms with Crippen molar-refractivity contribution in [2.75, 3.05) is 20.1 Å². The Bertz CT molecular complexity index is 844. The van der Waals surface area contributed by atoms with Gasteiger partial charge in [-0.25, -0.2) is 4.98 Å². The molecule has 1 saturated heterocycles. The van der Waals surface area contributed by atoms with Crippen LogP contribution in [0, 0.1) is 5.92 Å². The number of aromatic nitrogens is 1. The van der Waals surface area contributed by atoms with E-state index in [0.29, 0.717) is 12.5 Å². The Hall–Kier alpha value is -2.41. The highest BCUT2D eigenvalue weighted by Gasteiger charge is 2.32. The number of likely N-dealkylation sites (tertiary alicyclic amines) is 1. The molecule has 1 amide bonds. The van der Waals surface area contributed by atoms with E-state index in [1.165, 1.54) is 12.8 Å². The second-order valence-electron chi connectivity index (χ2n) is 7.81. The van der Waals surface area contributed by atoms with Crippen LogP contribution in [0.25, 0.3) is 11.3 Å². The molecule has 0 spiro atoms. The lowest BCUT2D eigenvalue weighted by molar-refractivity contribution is -0.134. The van der Waals surface area contributed by atoms with Crippen molar-refractivity contribution in [1.82, 2.24) is 20.5 Å². The Balaban J connectivity index is 1.26. The smallest absolute Gasteiger partial charge is 0.225 e. The molecule has 1 saturated carbocycles. The molecule has 1 aliphatic carbocycles. The number of hydrogen-bond acceptors (Lipinski definition) is 4. The summed E-state index contributed by atoms with van der Waals surface area (Å²) in [6.07, 6.45) is 5.50. The molecule has 2 heterocycles. The summed E-state index contributed by atoms with van der Waals surface area (Å²) in [6.45, 7) is 2.25. The number of guanidine groups is 1. The number of hydrogen-bond donors (Lipinski definition) is 2. The fraction of sp³-hybridized carbons (Fsp3) is 0.500. The standard InChI is InChI=1S/C22H29N5OS/c1-23-22(24-13-20-26-19(15-29-20)16-7-3-2-4-8-16)25-18-11-12-27(14-18)21(28)17-9-5-6-10-17/h2-4,7-8,15,17-18H,5-6,9-14H2,1H3,(H2,23,24,25). The van der Waals surface area contributed by atoms with Crippen LogP contribution in [-0.2, 0) is 11.3 Å². The minimum atomic E-state index is 0.253. The van der Waals surface area contributed by atoms with E-state index in [-0.39, 0.29) is 12.0 Å². The van der Waals surface area contributed by atoms with Crippen molar-refractivity contribution < 1.29 is 4.79 Å². The van der Waals surface area contributed by atoms with Crippen molar-refractivity contribution in [3.05, 3.63) is 40.7 Å². The van der Waals surface area contributed by atoms with Crippen LogP contribution in [0.4, 0.5) is 0 Å². The Kier molecular flexibility index (Phi) is 6.44. The highest BCUT2D eigenvalue weighted by atomic mass is 32.1.